The molecule has 0 heterocycles. The van der Waals surface area contributed by atoms with Crippen LogP contribution in [0.4, 0.5) is 0 Å². The first kappa shape index (κ1) is 15.0. The van der Waals surface area contributed by atoms with Gasteiger partial charge in [0.25, 0.3) is 5.91 Å². The summed E-state index contributed by atoms with van der Waals surface area (Å²) in [5.74, 6) is -0.759. The van der Waals surface area contributed by atoms with Crippen LogP contribution >= 0.6 is 27.5 Å². The molecule has 0 aliphatic rings. The van der Waals surface area contributed by atoms with Crippen LogP contribution in [-0.4, -0.2) is 37.0 Å². The summed E-state index contributed by atoms with van der Waals surface area (Å²) in [6, 6.07) is 5.08. The molecule has 6 heteroatoms. The van der Waals surface area contributed by atoms with Crippen molar-refractivity contribution in [3.8, 4) is 0 Å². The van der Waals surface area contributed by atoms with Gasteiger partial charge in [-0.15, -0.1) is 0 Å². The number of carbonyl (C=O) groups excluding carboxylic acids is 2. The molecule has 0 saturated carbocycles. The molecule has 0 spiro atoms. The molecule has 18 heavy (non-hydrogen) atoms. The number of methoxy groups -OCH3 is 1. The molecule has 1 aromatic rings. The molecule has 0 radical (unpaired) electrons. The second-order valence-corrected chi connectivity index (χ2v) is 4.73. The third kappa shape index (κ3) is 3.46. The third-order valence-corrected chi connectivity index (χ3v) is 3.69. The number of benzene rings is 1. The average molecular weight is 335 g/mol. The molecule has 4 nitrogen and oxygen atoms in total. The van der Waals surface area contributed by atoms with Gasteiger partial charge in [0.15, 0.2) is 0 Å². The first-order valence-electron chi connectivity index (χ1n) is 5.31. The average Bonchev–Trinajstić information content (AvgIpc) is 2.38. The number of rotatable bonds is 4. The molecule has 0 saturated heterocycles. The Kier molecular flexibility index (Phi) is 5.62. The maximum absolute atomic E-state index is 12.2. The molecule has 0 atom stereocenters. The van der Waals surface area contributed by atoms with Gasteiger partial charge in [-0.25, -0.2) is 0 Å². The van der Waals surface area contributed by atoms with Gasteiger partial charge < -0.3 is 9.64 Å². The summed E-state index contributed by atoms with van der Waals surface area (Å²) in [5.41, 5.74) is 0.358. The smallest absolute Gasteiger partial charge is 0.325 e. The molecule has 1 rings (SSSR count). The SMILES string of the molecule is CCN(CC(=O)OC)C(=O)c1cccc(Br)c1Cl. The largest absolute Gasteiger partial charge is 0.468 e. The summed E-state index contributed by atoms with van der Waals surface area (Å²) >= 11 is 9.30. The topological polar surface area (TPSA) is 46.6 Å². The van der Waals surface area contributed by atoms with E-state index in [1.54, 1.807) is 25.1 Å². The number of ether oxygens (including phenoxy) is 1. The van der Waals surface area contributed by atoms with E-state index in [2.05, 4.69) is 20.7 Å². The monoisotopic (exact) mass is 333 g/mol. The molecule has 98 valence electrons. The first-order valence-corrected chi connectivity index (χ1v) is 6.48. The van der Waals surface area contributed by atoms with Crippen molar-refractivity contribution in [3.05, 3.63) is 33.3 Å². The maximum Gasteiger partial charge on any atom is 0.325 e. The fourth-order valence-corrected chi connectivity index (χ4v) is 1.96. The second-order valence-electron chi connectivity index (χ2n) is 3.50. The van der Waals surface area contributed by atoms with E-state index in [4.69, 9.17) is 11.6 Å². The number of hydrogen-bond acceptors (Lipinski definition) is 3. The number of likely N-dealkylation sites (N-methyl/N-ethyl adjacent to an activating group) is 1. The highest BCUT2D eigenvalue weighted by Gasteiger charge is 2.20. The summed E-state index contributed by atoms with van der Waals surface area (Å²) in [5, 5.41) is 0.339. The van der Waals surface area contributed by atoms with Gasteiger partial charge in [-0.3, -0.25) is 9.59 Å². The third-order valence-electron chi connectivity index (χ3n) is 2.40. The van der Waals surface area contributed by atoms with E-state index in [0.717, 1.165) is 0 Å². The maximum atomic E-state index is 12.2. The zero-order valence-corrected chi connectivity index (χ0v) is 12.4. The van der Waals surface area contributed by atoms with Crippen LogP contribution in [0.15, 0.2) is 22.7 Å². The number of halogens is 2. The summed E-state index contributed by atoms with van der Waals surface area (Å²) in [6.45, 7) is 2.10. The van der Waals surface area contributed by atoms with Gasteiger partial charge in [-0.2, -0.15) is 0 Å². The Morgan fingerprint density at radius 1 is 1.44 bits per heavy atom. The minimum Gasteiger partial charge on any atom is -0.468 e. The molecule has 0 bridgehead atoms. The highest BCUT2D eigenvalue weighted by molar-refractivity contribution is 9.10. The van der Waals surface area contributed by atoms with Gasteiger partial charge in [-0.05, 0) is 35.0 Å². The summed E-state index contributed by atoms with van der Waals surface area (Å²) in [4.78, 5) is 24.8. The highest BCUT2D eigenvalue weighted by atomic mass is 79.9. The van der Waals surface area contributed by atoms with E-state index < -0.39 is 5.97 Å². The lowest BCUT2D eigenvalue weighted by Gasteiger charge is -2.20. The Balaban J connectivity index is 2.97. The van der Waals surface area contributed by atoms with Crippen molar-refractivity contribution < 1.29 is 14.3 Å². The Hall–Kier alpha value is -1.07. The second kappa shape index (κ2) is 6.75. The predicted molar refractivity (Wildman–Crippen MR) is 72.7 cm³/mol. The van der Waals surface area contributed by atoms with Crippen molar-refractivity contribution in [2.24, 2.45) is 0 Å². The van der Waals surface area contributed by atoms with Crippen molar-refractivity contribution in [2.45, 2.75) is 6.92 Å². The molecular weight excluding hydrogens is 321 g/mol. The Morgan fingerprint density at radius 2 is 2.11 bits per heavy atom. The standard InChI is InChI=1S/C12H13BrClNO3/c1-3-15(7-10(16)18-2)12(17)8-5-4-6-9(13)11(8)14/h4-6H,3,7H2,1-2H3. The van der Waals surface area contributed by atoms with Gasteiger partial charge in [0.1, 0.15) is 6.54 Å². The minimum absolute atomic E-state index is 0.0886. The molecule has 1 aromatic carbocycles. The van der Waals surface area contributed by atoms with Gasteiger partial charge in [-0.1, -0.05) is 17.7 Å². The van der Waals surface area contributed by atoms with Gasteiger partial charge >= 0.3 is 5.97 Å². The fourth-order valence-electron chi connectivity index (χ4n) is 1.39. The van der Waals surface area contributed by atoms with Gasteiger partial charge in [0, 0.05) is 11.0 Å². The van der Waals surface area contributed by atoms with Crippen molar-refractivity contribution in [1.29, 1.82) is 0 Å². The number of carbonyl (C=O) groups is 2. The van der Waals surface area contributed by atoms with Crippen LogP contribution in [0.25, 0.3) is 0 Å². The zero-order chi connectivity index (χ0) is 13.7. The van der Waals surface area contributed by atoms with E-state index in [1.165, 1.54) is 12.0 Å². The number of amides is 1. The summed E-state index contributed by atoms with van der Waals surface area (Å²) in [7, 11) is 1.28. The number of nitrogens with zero attached hydrogens (tertiary/aromatic N) is 1. The van der Waals surface area contributed by atoms with E-state index in [1.807, 2.05) is 0 Å². The first-order chi connectivity index (χ1) is 8.51. The van der Waals surface area contributed by atoms with Crippen LogP contribution in [0.1, 0.15) is 17.3 Å². The Morgan fingerprint density at radius 3 is 2.67 bits per heavy atom. The van der Waals surface area contributed by atoms with Crippen molar-refractivity contribution in [1.82, 2.24) is 4.90 Å². The molecule has 1 amide bonds. The molecule has 0 aliphatic heterocycles. The van der Waals surface area contributed by atoms with Gasteiger partial charge in [0.05, 0.1) is 17.7 Å². The van der Waals surface area contributed by atoms with Crippen LogP contribution in [0.5, 0.6) is 0 Å². The van der Waals surface area contributed by atoms with Crippen molar-refractivity contribution in [3.63, 3.8) is 0 Å². The van der Waals surface area contributed by atoms with Crippen LogP contribution in [0.2, 0.25) is 5.02 Å². The number of hydrogen-bond donors (Lipinski definition) is 0. The molecule has 0 unspecified atom stereocenters. The molecule has 0 aliphatic carbocycles. The van der Waals surface area contributed by atoms with E-state index in [-0.39, 0.29) is 12.5 Å². The van der Waals surface area contributed by atoms with Crippen molar-refractivity contribution in [2.75, 3.05) is 20.2 Å². The minimum atomic E-state index is -0.462. The Bertz CT molecular complexity index is 465. The molecular formula is C12H13BrClNO3. The van der Waals surface area contributed by atoms with Crippen LogP contribution in [0, 0.1) is 0 Å². The van der Waals surface area contributed by atoms with Crippen molar-refractivity contribution >= 4 is 39.4 Å². The van der Waals surface area contributed by atoms with Crippen LogP contribution in [0.3, 0.4) is 0 Å². The highest BCUT2D eigenvalue weighted by Crippen LogP contribution is 2.26. The normalized spacial score (nSPS) is 10.0. The van der Waals surface area contributed by atoms with Crippen LogP contribution < -0.4 is 0 Å². The Labute approximate surface area is 119 Å². The molecule has 0 aromatic heterocycles. The number of esters is 1. The molecule has 0 N–H and O–H groups in total. The predicted octanol–water partition coefficient (Wildman–Crippen LogP) is 2.74. The summed E-state index contributed by atoms with van der Waals surface area (Å²) < 4.78 is 5.19. The van der Waals surface area contributed by atoms with E-state index in [0.29, 0.717) is 21.6 Å². The lowest BCUT2D eigenvalue weighted by atomic mass is 10.2. The lowest BCUT2D eigenvalue weighted by Crippen LogP contribution is -2.36. The van der Waals surface area contributed by atoms with E-state index >= 15 is 0 Å². The quantitative estimate of drug-likeness (QED) is 0.795. The molecule has 0 fully saturated rings. The summed E-state index contributed by atoms with van der Waals surface area (Å²) in [6.07, 6.45) is 0. The zero-order valence-electron chi connectivity index (χ0n) is 10.1. The van der Waals surface area contributed by atoms with Crippen LogP contribution in [-0.2, 0) is 9.53 Å². The lowest BCUT2D eigenvalue weighted by molar-refractivity contribution is -0.141. The van der Waals surface area contributed by atoms with E-state index in [9.17, 15) is 9.59 Å². The fraction of sp³-hybridized carbons (Fsp3) is 0.333. The van der Waals surface area contributed by atoms with Gasteiger partial charge in [0.2, 0.25) is 0 Å².